The minimum Gasteiger partial charge on any atom is -0.0622 e. The summed E-state index contributed by atoms with van der Waals surface area (Å²) in [4.78, 5) is 0. The molecule has 3 rings (SSSR count). The van der Waals surface area contributed by atoms with Crippen LogP contribution in [0.5, 0.6) is 0 Å². The highest BCUT2D eigenvalue weighted by atomic mass is 14.4. The summed E-state index contributed by atoms with van der Waals surface area (Å²) in [6.45, 7) is 11.8. The molecule has 1 aliphatic carbocycles. The van der Waals surface area contributed by atoms with Gasteiger partial charge in [0.2, 0.25) is 0 Å². The van der Waals surface area contributed by atoms with Gasteiger partial charge in [0.25, 0.3) is 0 Å². The molecule has 120 valence electrons. The van der Waals surface area contributed by atoms with Gasteiger partial charge in [-0.3, -0.25) is 0 Å². The van der Waals surface area contributed by atoms with Crippen molar-refractivity contribution in [2.24, 2.45) is 0 Å². The molecule has 1 aliphatic rings. The van der Waals surface area contributed by atoms with Crippen LogP contribution in [-0.2, 0) is 10.8 Å². The molecule has 0 unspecified atom stereocenters. The third kappa shape index (κ3) is 3.13. The maximum atomic E-state index is 2.44. The summed E-state index contributed by atoms with van der Waals surface area (Å²) in [6, 6.07) is 17.7. The van der Waals surface area contributed by atoms with E-state index in [4.69, 9.17) is 0 Å². The first-order valence-corrected chi connectivity index (χ1v) is 8.68. The summed E-state index contributed by atoms with van der Waals surface area (Å²) in [6.07, 6.45) is 4.81. The predicted octanol–water partition coefficient (Wildman–Crippen LogP) is 6.60. The molecule has 0 fully saturated rings. The summed E-state index contributed by atoms with van der Waals surface area (Å²) in [5, 5.41) is 0. The van der Waals surface area contributed by atoms with Gasteiger partial charge in [0.15, 0.2) is 0 Å². The summed E-state index contributed by atoms with van der Waals surface area (Å²) < 4.78 is 0. The normalized spacial score (nSPS) is 19.3. The highest BCUT2D eigenvalue weighted by Gasteiger charge is 2.36. The summed E-state index contributed by atoms with van der Waals surface area (Å²) in [7, 11) is 0. The average molecular weight is 304 g/mol. The Kier molecular flexibility index (Phi) is 3.96. The fourth-order valence-corrected chi connectivity index (χ4v) is 3.72. The molecule has 0 saturated carbocycles. The van der Waals surface area contributed by atoms with Crippen LogP contribution in [0, 0.1) is 0 Å². The van der Waals surface area contributed by atoms with E-state index in [1.165, 1.54) is 40.7 Å². The van der Waals surface area contributed by atoms with Crippen LogP contribution < -0.4 is 0 Å². The second-order valence-electron chi connectivity index (χ2n) is 8.27. The lowest BCUT2D eigenvalue weighted by Gasteiger charge is -2.42. The maximum Gasteiger partial charge on any atom is -0.0100 e. The van der Waals surface area contributed by atoms with Gasteiger partial charge in [-0.15, -0.1) is 0 Å². The van der Waals surface area contributed by atoms with Gasteiger partial charge in [0.05, 0.1) is 0 Å². The first-order valence-electron chi connectivity index (χ1n) is 8.68. The molecule has 0 radical (unpaired) electrons. The maximum absolute atomic E-state index is 2.44. The minimum absolute atomic E-state index is 0.272. The second-order valence-corrected chi connectivity index (χ2v) is 8.27. The van der Waals surface area contributed by atoms with E-state index in [-0.39, 0.29) is 5.41 Å². The monoisotopic (exact) mass is 304 g/mol. The zero-order valence-electron chi connectivity index (χ0n) is 15.1. The molecule has 2 aromatic carbocycles. The molecule has 0 saturated heterocycles. The van der Waals surface area contributed by atoms with Crippen molar-refractivity contribution in [3.8, 4) is 0 Å². The Bertz CT molecular complexity index is 730. The SMILES string of the molecule is C/C(=C\c1ccccc1)c1ccc2c(c1)C(C)(C)CCC2(C)C. The average Bonchev–Trinajstić information content (AvgIpc) is 2.52. The Morgan fingerprint density at radius 3 is 2.09 bits per heavy atom. The van der Waals surface area contributed by atoms with E-state index >= 15 is 0 Å². The van der Waals surface area contributed by atoms with Crippen LogP contribution in [-0.4, -0.2) is 0 Å². The molecule has 0 spiro atoms. The van der Waals surface area contributed by atoms with E-state index in [1.807, 2.05) is 0 Å². The Morgan fingerprint density at radius 2 is 1.43 bits per heavy atom. The van der Waals surface area contributed by atoms with Crippen LogP contribution in [0.15, 0.2) is 48.5 Å². The topological polar surface area (TPSA) is 0 Å². The molecule has 0 aliphatic heterocycles. The lowest BCUT2D eigenvalue weighted by atomic mass is 9.63. The van der Waals surface area contributed by atoms with Gasteiger partial charge in [0, 0.05) is 0 Å². The van der Waals surface area contributed by atoms with E-state index in [2.05, 4.69) is 89.2 Å². The lowest BCUT2D eigenvalue weighted by Crippen LogP contribution is -2.33. The minimum atomic E-state index is 0.272. The van der Waals surface area contributed by atoms with Crippen molar-refractivity contribution in [1.29, 1.82) is 0 Å². The molecule has 0 heteroatoms. The van der Waals surface area contributed by atoms with Crippen LogP contribution in [0.3, 0.4) is 0 Å². The van der Waals surface area contributed by atoms with Crippen molar-refractivity contribution in [1.82, 2.24) is 0 Å². The quantitative estimate of drug-likeness (QED) is 0.548. The molecule has 0 nitrogen and oxygen atoms in total. The van der Waals surface area contributed by atoms with Crippen LogP contribution in [0.1, 0.15) is 69.7 Å². The Hall–Kier alpha value is -1.82. The zero-order valence-corrected chi connectivity index (χ0v) is 15.1. The van der Waals surface area contributed by atoms with Gasteiger partial charge in [-0.05, 0) is 58.4 Å². The number of allylic oxidation sites excluding steroid dienone is 1. The summed E-state index contributed by atoms with van der Waals surface area (Å²) in [5.74, 6) is 0. The Morgan fingerprint density at radius 1 is 0.826 bits per heavy atom. The fourth-order valence-electron chi connectivity index (χ4n) is 3.72. The van der Waals surface area contributed by atoms with E-state index in [0.29, 0.717) is 5.41 Å². The van der Waals surface area contributed by atoms with E-state index in [0.717, 1.165) is 0 Å². The van der Waals surface area contributed by atoms with E-state index < -0.39 is 0 Å². The molecule has 2 aromatic rings. The van der Waals surface area contributed by atoms with Crippen molar-refractivity contribution in [2.75, 3.05) is 0 Å². The molecule has 0 heterocycles. The van der Waals surface area contributed by atoms with Crippen molar-refractivity contribution < 1.29 is 0 Å². The highest BCUT2D eigenvalue weighted by molar-refractivity contribution is 5.80. The number of benzene rings is 2. The van der Waals surface area contributed by atoms with Crippen molar-refractivity contribution in [3.63, 3.8) is 0 Å². The number of hydrogen-bond acceptors (Lipinski definition) is 0. The van der Waals surface area contributed by atoms with Gasteiger partial charge in [-0.2, -0.15) is 0 Å². The van der Waals surface area contributed by atoms with E-state index in [1.54, 1.807) is 0 Å². The van der Waals surface area contributed by atoms with Crippen molar-refractivity contribution in [2.45, 2.75) is 58.3 Å². The van der Waals surface area contributed by atoms with Gasteiger partial charge in [0.1, 0.15) is 0 Å². The Balaban J connectivity index is 2.05. The number of rotatable bonds is 2. The third-order valence-electron chi connectivity index (χ3n) is 5.49. The third-order valence-corrected chi connectivity index (χ3v) is 5.49. The van der Waals surface area contributed by atoms with E-state index in [9.17, 15) is 0 Å². The number of hydrogen-bond donors (Lipinski definition) is 0. The molecule has 0 atom stereocenters. The number of fused-ring (bicyclic) bond motifs is 1. The van der Waals surface area contributed by atoms with Crippen LogP contribution in [0.2, 0.25) is 0 Å². The highest BCUT2D eigenvalue weighted by Crippen LogP contribution is 2.46. The largest absolute Gasteiger partial charge is 0.0622 e. The second kappa shape index (κ2) is 5.67. The zero-order chi connectivity index (χ0) is 16.7. The van der Waals surface area contributed by atoms with Gasteiger partial charge < -0.3 is 0 Å². The van der Waals surface area contributed by atoms with Crippen LogP contribution >= 0.6 is 0 Å². The smallest absolute Gasteiger partial charge is 0.0100 e. The summed E-state index contributed by atoms with van der Waals surface area (Å²) in [5.41, 5.74) is 7.57. The molecule has 0 amide bonds. The lowest BCUT2D eigenvalue weighted by molar-refractivity contribution is 0.332. The van der Waals surface area contributed by atoms with Gasteiger partial charge in [-0.25, -0.2) is 0 Å². The van der Waals surface area contributed by atoms with Crippen LogP contribution in [0.4, 0.5) is 0 Å². The van der Waals surface area contributed by atoms with Gasteiger partial charge >= 0.3 is 0 Å². The standard InChI is InChI=1S/C23H28/c1-17(15-18-9-7-6-8-10-18)19-11-12-20-21(16-19)23(4,5)14-13-22(20,2)3/h6-12,15-16H,13-14H2,1-5H3/b17-15+. The molecule has 23 heavy (non-hydrogen) atoms. The molecular weight excluding hydrogens is 276 g/mol. The first kappa shape index (κ1) is 16.1. The molecule has 0 N–H and O–H groups in total. The van der Waals surface area contributed by atoms with Gasteiger partial charge in [-0.1, -0.05) is 82.3 Å². The Labute approximate surface area is 141 Å². The predicted molar refractivity (Wildman–Crippen MR) is 102 cm³/mol. The fraction of sp³-hybridized carbons (Fsp3) is 0.391. The molecular formula is C23H28. The molecule has 0 aromatic heterocycles. The summed E-state index contributed by atoms with van der Waals surface area (Å²) >= 11 is 0. The first-order chi connectivity index (χ1) is 10.8. The van der Waals surface area contributed by atoms with Crippen LogP contribution in [0.25, 0.3) is 11.6 Å². The van der Waals surface area contributed by atoms with Crippen molar-refractivity contribution >= 4 is 11.6 Å². The molecule has 0 bridgehead atoms. The van der Waals surface area contributed by atoms with Crippen molar-refractivity contribution in [3.05, 3.63) is 70.8 Å².